The molecular formula is C12H13ClN2O5. The van der Waals surface area contributed by atoms with Crippen LogP contribution in [0.4, 0.5) is 10.5 Å². The molecule has 0 spiro atoms. The van der Waals surface area contributed by atoms with Crippen LogP contribution in [0, 0.1) is 0 Å². The van der Waals surface area contributed by atoms with E-state index in [0.717, 1.165) is 7.11 Å². The van der Waals surface area contributed by atoms with Crippen molar-refractivity contribution in [3.05, 3.63) is 29.3 Å². The number of hydrogen-bond acceptors (Lipinski definition) is 4. The molecule has 0 bridgehead atoms. The quantitative estimate of drug-likeness (QED) is 0.714. The summed E-state index contributed by atoms with van der Waals surface area (Å²) in [6.45, 7) is 0. The SMILES string of the molecule is COC(=O)C[C@H](NC(=O)Nc1cccc(Cl)c1)C(=O)O. The number of nitrogens with one attached hydrogen (secondary N) is 2. The number of aliphatic carboxylic acids is 1. The first kappa shape index (κ1) is 15.8. The number of carboxylic acids is 1. The van der Waals surface area contributed by atoms with E-state index in [9.17, 15) is 14.4 Å². The van der Waals surface area contributed by atoms with Crippen molar-refractivity contribution in [3.8, 4) is 0 Å². The molecule has 0 saturated heterocycles. The van der Waals surface area contributed by atoms with Gasteiger partial charge >= 0.3 is 18.0 Å². The second-order valence-electron chi connectivity index (χ2n) is 3.78. The normalized spacial score (nSPS) is 11.3. The summed E-state index contributed by atoms with van der Waals surface area (Å²) in [7, 11) is 1.13. The zero-order valence-electron chi connectivity index (χ0n) is 10.6. The van der Waals surface area contributed by atoms with E-state index in [2.05, 4.69) is 15.4 Å². The van der Waals surface area contributed by atoms with Crippen LogP contribution in [0.15, 0.2) is 24.3 Å². The van der Waals surface area contributed by atoms with Gasteiger partial charge in [0.05, 0.1) is 13.5 Å². The number of carbonyl (C=O) groups is 3. The van der Waals surface area contributed by atoms with Crippen LogP contribution < -0.4 is 10.6 Å². The highest BCUT2D eigenvalue weighted by Crippen LogP contribution is 2.14. The smallest absolute Gasteiger partial charge is 0.326 e. The minimum Gasteiger partial charge on any atom is -0.480 e. The van der Waals surface area contributed by atoms with Crippen LogP contribution in [-0.4, -0.2) is 36.2 Å². The van der Waals surface area contributed by atoms with Crippen LogP contribution in [-0.2, 0) is 14.3 Å². The van der Waals surface area contributed by atoms with Crippen LogP contribution in [0.25, 0.3) is 0 Å². The number of esters is 1. The molecule has 0 aromatic heterocycles. The molecule has 0 aliphatic carbocycles. The molecule has 7 nitrogen and oxygen atoms in total. The van der Waals surface area contributed by atoms with Crippen molar-refractivity contribution in [1.29, 1.82) is 0 Å². The maximum absolute atomic E-state index is 11.6. The van der Waals surface area contributed by atoms with Gasteiger partial charge in [-0.3, -0.25) is 4.79 Å². The van der Waals surface area contributed by atoms with Crippen molar-refractivity contribution >= 4 is 35.3 Å². The van der Waals surface area contributed by atoms with Crippen molar-refractivity contribution in [2.24, 2.45) is 0 Å². The van der Waals surface area contributed by atoms with E-state index in [1.54, 1.807) is 18.2 Å². The third kappa shape index (κ3) is 5.15. The Morgan fingerprint density at radius 1 is 1.40 bits per heavy atom. The molecule has 0 saturated carbocycles. The van der Waals surface area contributed by atoms with Crippen LogP contribution in [0.1, 0.15) is 6.42 Å². The van der Waals surface area contributed by atoms with Gasteiger partial charge in [-0.15, -0.1) is 0 Å². The average Bonchev–Trinajstić information content (AvgIpc) is 2.37. The van der Waals surface area contributed by atoms with Gasteiger partial charge in [0.1, 0.15) is 6.04 Å². The number of halogens is 1. The highest BCUT2D eigenvalue weighted by Gasteiger charge is 2.23. The van der Waals surface area contributed by atoms with Crippen molar-refractivity contribution in [3.63, 3.8) is 0 Å². The Morgan fingerprint density at radius 3 is 2.65 bits per heavy atom. The van der Waals surface area contributed by atoms with Gasteiger partial charge in [0.2, 0.25) is 0 Å². The molecule has 2 amide bonds. The van der Waals surface area contributed by atoms with E-state index in [0.29, 0.717) is 10.7 Å². The first-order chi connectivity index (χ1) is 9.42. The van der Waals surface area contributed by atoms with Gasteiger partial charge in [-0.1, -0.05) is 17.7 Å². The molecule has 0 radical (unpaired) electrons. The molecule has 1 aromatic rings. The van der Waals surface area contributed by atoms with Gasteiger partial charge < -0.3 is 20.5 Å². The predicted molar refractivity (Wildman–Crippen MR) is 71.7 cm³/mol. The number of carboxylic acid groups (broad SMARTS) is 1. The molecule has 0 aliphatic rings. The van der Waals surface area contributed by atoms with E-state index in [1.807, 2.05) is 0 Å². The fraction of sp³-hybridized carbons (Fsp3) is 0.250. The van der Waals surface area contributed by atoms with Crippen molar-refractivity contribution in [1.82, 2.24) is 5.32 Å². The summed E-state index contributed by atoms with van der Waals surface area (Å²) < 4.78 is 4.36. The molecule has 1 rings (SSSR count). The molecule has 0 fully saturated rings. The van der Waals surface area contributed by atoms with E-state index >= 15 is 0 Å². The Hall–Kier alpha value is -2.28. The molecule has 1 atom stereocenters. The third-order valence-corrected chi connectivity index (χ3v) is 2.52. The lowest BCUT2D eigenvalue weighted by Crippen LogP contribution is -2.44. The largest absolute Gasteiger partial charge is 0.480 e. The minimum atomic E-state index is -1.37. The number of benzene rings is 1. The summed E-state index contributed by atoms with van der Waals surface area (Å²) in [5, 5.41) is 13.9. The number of urea groups is 1. The van der Waals surface area contributed by atoms with Gasteiger partial charge in [0.25, 0.3) is 0 Å². The van der Waals surface area contributed by atoms with E-state index in [-0.39, 0.29) is 0 Å². The lowest BCUT2D eigenvalue weighted by atomic mass is 10.2. The molecule has 0 aliphatic heterocycles. The van der Waals surface area contributed by atoms with Gasteiger partial charge in [0.15, 0.2) is 0 Å². The van der Waals surface area contributed by atoms with Crippen LogP contribution in [0.2, 0.25) is 5.02 Å². The zero-order valence-corrected chi connectivity index (χ0v) is 11.3. The van der Waals surface area contributed by atoms with E-state index in [1.165, 1.54) is 6.07 Å². The minimum absolute atomic E-state index is 0.400. The molecule has 0 unspecified atom stereocenters. The van der Waals surface area contributed by atoms with E-state index < -0.39 is 30.4 Å². The molecule has 0 heterocycles. The summed E-state index contributed by atoms with van der Waals surface area (Å²) in [5.74, 6) is -2.07. The van der Waals surface area contributed by atoms with Crippen molar-refractivity contribution < 1.29 is 24.2 Å². The maximum atomic E-state index is 11.6. The monoisotopic (exact) mass is 300 g/mol. The number of carbonyl (C=O) groups excluding carboxylic acids is 2. The number of anilines is 1. The Labute approximate surface area is 119 Å². The van der Waals surface area contributed by atoms with Crippen LogP contribution in [0.5, 0.6) is 0 Å². The molecule has 108 valence electrons. The summed E-state index contributed by atoms with van der Waals surface area (Å²) in [4.78, 5) is 33.6. The van der Waals surface area contributed by atoms with E-state index in [4.69, 9.17) is 16.7 Å². The highest BCUT2D eigenvalue weighted by atomic mass is 35.5. The Bertz CT molecular complexity index is 520. The van der Waals surface area contributed by atoms with Crippen molar-refractivity contribution in [2.45, 2.75) is 12.5 Å². The second kappa shape index (κ2) is 7.34. The molecule has 1 aromatic carbocycles. The summed E-state index contributed by atoms with van der Waals surface area (Å²) in [5.41, 5.74) is 0.400. The number of hydrogen-bond donors (Lipinski definition) is 3. The fourth-order valence-electron chi connectivity index (χ4n) is 1.34. The first-order valence-electron chi connectivity index (χ1n) is 5.55. The fourth-order valence-corrected chi connectivity index (χ4v) is 1.53. The predicted octanol–water partition coefficient (Wildman–Crippen LogP) is 1.48. The van der Waals surface area contributed by atoms with Gasteiger partial charge in [-0.25, -0.2) is 9.59 Å². The van der Waals surface area contributed by atoms with Crippen LogP contribution >= 0.6 is 11.6 Å². The van der Waals surface area contributed by atoms with Gasteiger partial charge in [-0.05, 0) is 18.2 Å². The van der Waals surface area contributed by atoms with Gasteiger partial charge in [-0.2, -0.15) is 0 Å². The maximum Gasteiger partial charge on any atom is 0.326 e. The molecule has 8 heteroatoms. The zero-order chi connectivity index (χ0) is 15.1. The lowest BCUT2D eigenvalue weighted by Gasteiger charge is -2.14. The Balaban J connectivity index is 2.62. The molecular weight excluding hydrogens is 288 g/mol. The lowest BCUT2D eigenvalue weighted by molar-refractivity contribution is -0.147. The Morgan fingerprint density at radius 2 is 2.10 bits per heavy atom. The summed E-state index contributed by atoms with van der Waals surface area (Å²) in [6, 6.07) is 4.20. The van der Waals surface area contributed by atoms with Crippen molar-refractivity contribution in [2.75, 3.05) is 12.4 Å². The number of rotatable bonds is 5. The number of amides is 2. The van der Waals surface area contributed by atoms with Crippen LogP contribution in [0.3, 0.4) is 0 Å². The first-order valence-corrected chi connectivity index (χ1v) is 5.93. The molecule has 3 N–H and O–H groups in total. The van der Waals surface area contributed by atoms with Gasteiger partial charge in [0, 0.05) is 10.7 Å². The highest BCUT2D eigenvalue weighted by molar-refractivity contribution is 6.30. The summed E-state index contributed by atoms with van der Waals surface area (Å²) in [6.07, 6.45) is -0.463. The number of ether oxygens (including phenoxy) is 1. The molecule has 20 heavy (non-hydrogen) atoms. The second-order valence-corrected chi connectivity index (χ2v) is 4.22. The standard InChI is InChI=1S/C12H13ClN2O5/c1-20-10(16)6-9(11(17)18)15-12(19)14-8-4-2-3-7(13)5-8/h2-5,9H,6H2,1H3,(H,17,18)(H2,14,15,19)/t9-/m0/s1. The topological polar surface area (TPSA) is 105 Å². The number of methoxy groups -OCH3 is 1. The summed E-state index contributed by atoms with van der Waals surface area (Å²) >= 11 is 5.75. The Kier molecular flexibility index (Phi) is 5.79. The third-order valence-electron chi connectivity index (χ3n) is 2.28. The average molecular weight is 301 g/mol.